The van der Waals surface area contributed by atoms with Gasteiger partial charge in [-0.1, -0.05) is 12.1 Å². The van der Waals surface area contributed by atoms with Crippen molar-refractivity contribution in [1.29, 1.82) is 0 Å². The van der Waals surface area contributed by atoms with Gasteiger partial charge < -0.3 is 19.9 Å². The Morgan fingerprint density at radius 3 is 2.53 bits per heavy atom. The van der Waals surface area contributed by atoms with E-state index < -0.39 is 0 Å². The normalized spacial score (nSPS) is 16.8. The highest BCUT2D eigenvalue weighted by Gasteiger charge is 2.29. The monoisotopic (exact) mass is 431 g/mol. The SMILES string of the molecule is O=C(NCc1ccn2ccnc2c1)Nc1ccc(C2CCN(C(=O)CC3CC3)CC2)cc1. The van der Waals surface area contributed by atoms with Crippen LogP contribution >= 0.6 is 0 Å². The number of urea groups is 1. The van der Waals surface area contributed by atoms with Crippen molar-refractivity contribution in [3.8, 4) is 0 Å². The summed E-state index contributed by atoms with van der Waals surface area (Å²) < 4.78 is 1.93. The Balaban J connectivity index is 1.09. The molecule has 7 heteroatoms. The van der Waals surface area contributed by atoms with Gasteiger partial charge in [0.15, 0.2) is 0 Å². The Labute approximate surface area is 187 Å². The highest BCUT2D eigenvalue weighted by atomic mass is 16.2. The lowest BCUT2D eigenvalue weighted by atomic mass is 9.89. The number of amides is 3. The third kappa shape index (κ3) is 4.93. The Hall–Kier alpha value is -3.35. The van der Waals surface area contributed by atoms with Gasteiger partial charge in [-0.3, -0.25) is 4.79 Å². The average molecular weight is 432 g/mol. The lowest BCUT2D eigenvalue weighted by Gasteiger charge is -2.32. The standard InChI is InChI=1S/C25H29N5O2/c31-24(16-18-1-2-18)30-12-8-21(9-13-30)20-3-5-22(6-4-20)28-25(32)27-17-19-7-11-29-14-10-26-23(29)15-19/h3-7,10-11,14-15,18,21H,1-2,8-9,12-13,16-17H2,(H2,27,28,32). The van der Waals surface area contributed by atoms with Crippen molar-refractivity contribution in [3.05, 3.63) is 66.1 Å². The third-order valence-electron chi connectivity index (χ3n) is 6.56. The van der Waals surface area contributed by atoms with Crippen molar-refractivity contribution in [2.24, 2.45) is 5.92 Å². The van der Waals surface area contributed by atoms with Gasteiger partial charge in [-0.2, -0.15) is 0 Å². The summed E-state index contributed by atoms with van der Waals surface area (Å²) in [5.74, 6) is 1.46. The van der Waals surface area contributed by atoms with E-state index in [2.05, 4.69) is 27.8 Å². The second-order valence-corrected chi connectivity index (χ2v) is 8.96. The molecule has 2 aromatic heterocycles. The molecule has 0 radical (unpaired) electrons. The highest BCUT2D eigenvalue weighted by Crippen LogP contribution is 2.34. The van der Waals surface area contributed by atoms with Gasteiger partial charge in [0.05, 0.1) is 0 Å². The van der Waals surface area contributed by atoms with E-state index in [0.29, 0.717) is 24.3 Å². The Kier molecular flexibility index (Phi) is 5.79. The molecule has 1 aliphatic carbocycles. The largest absolute Gasteiger partial charge is 0.343 e. The molecule has 1 saturated carbocycles. The van der Waals surface area contributed by atoms with Crippen molar-refractivity contribution in [3.63, 3.8) is 0 Å². The van der Waals surface area contributed by atoms with Crippen molar-refractivity contribution < 1.29 is 9.59 Å². The van der Waals surface area contributed by atoms with Crippen molar-refractivity contribution in [1.82, 2.24) is 19.6 Å². The minimum Gasteiger partial charge on any atom is -0.343 e. The summed E-state index contributed by atoms with van der Waals surface area (Å²) in [6, 6.07) is 11.8. The molecule has 3 amide bonds. The van der Waals surface area contributed by atoms with Gasteiger partial charge in [0.2, 0.25) is 5.91 Å². The number of pyridine rings is 1. The van der Waals surface area contributed by atoms with E-state index in [1.165, 1.54) is 18.4 Å². The Morgan fingerprint density at radius 2 is 1.78 bits per heavy atom. The van der Waals surface area contributed by atoms with Crippen LogP contribution in [0.1, 0.15) is 49.1 Å². The summed E-state index contributed by atoms with van der Waals surface area (Å²) in [5.41, 5.74) is 3.90. The number of hydrogen-bond donors (Lipinski definition) is 2. The Morgan fingerprint density at radius 1 is 1.00 bits per heavy atom. The van der Waals surface area contributed by atoms with Crippen LogP contribution < -0.4 is 10.6 Å². The van der Waals surface area contributed by atoms with Crippen LogP contribution in [-0.4, -0.2) is 39.3 Å². The quantitative estimate of drug-likeness (QED) is 0.615. The molecule has 1 aromatic carbocycles. The summed E-state index contributed by atoms with van der Waals surface area (Å²) in [6.07, 6.45) is 10.8. The molecule has 1 aliphatic heterocycles. The molecule has 0 spiro atoms. The molecule has 0 unspecified atom stereocenters. The minimum atomic E-state index is -0.233. The van der Waals surface area contributed by atoms with Crippen LogP contribution in [0.4, 0.5) is 10.5 Å². The van der Waals surface area contributed by atoms with E-state index >= 15 is 0 Å². The van der Waals surface area contributed by atoms with Crippen LogP contribution in [0.25, 0.3) is 5.65 Å². The van der Waals surface area contributed by atoms with E-state index in [1.807, 2.05) is 46.0 Å². The van der Waals surface area contributed by atoms with Gasteiger partial charge in [-0.15, -0.1) is 0 Å². The predicted molar refractivity (Wildman–Crippen MR) is 123 cm³/mol. The van der Waals surface area contributed by atoms with Crippen molar-refractivity contribution in [2.75, 3.05) is 18.4 Å². The first-order chi connectivity index (χ1) is 15.6. The molecule has 5 rings (SSSR count). The first kappa shape index (κ1) is 20.5. The number of aromatic nitrogens is 2. The summed E-state index contributed by atoms with van der Waals surface area (Å²) in [6.45, 7) is 2.14. The number of carbonyl (C=O) groups excluding carboxylic acids is 2. The number of benzene rings is 1. The zero-order chi connectivity index (χ0) is 21.9. The Bertz CT molecular complexity index is 1090. The fraction of sp³-hybridized carbons (Fsp3) is 0.400. The first-order valence-corrected chi connectivity index (χ1v) is 11.5. The van der Waals surface area contributed by atoms with Crippen LogP contribution in [0.15, 0.2) is 55.0 Å². The van der Waals surface area contributed by atoms with Crippen molar-refractivity contribution >= 4 is 23.3 Å². The molecule has 2 fully saturated rings. The van der Waals surface area contributed by atoms with Gasteiger partial charge in [0.1, 0.15) is 5.65 Å². The molecule has 2 N–H and O–H groups in total. The number of carbonyl (C=O) groups is 2. The molecule has 32 heavy (non-hydrogen) atoms. The van der Waals surface area contributed by atoms with Gasteiger partial charge in [0, 0.05) is 50.3 Å². The first-order valence-electron chi connectivity index (χ1n) is 11.5. The number of anilines is 1. The summed E-state index contributed by atoms with van der Waals surface area (Å²) in [5, 5.41) is 5.79. The van der Waals surface area contributed by atoms with E-state index in [4.69, 9.17) is 0 Å². The van der Waals surface area contributed by atoms with Crippen LogP contribution in [-0.2, 0) is 11.3 Å². The summed E-state index contributed by atoms with van der Waals surface area (Å²) in [7, 11) is 0. The number of imidazole rings is 1. The van der Waals surface area contributed by atoms with E-state index in [-0.39, 0.29) is 6.03 Å². The predicted octanol–water partition coefficient (Wildman–Crippen LogP) is 4.16. The molecule has 0 bridgehead atoms. The maximum Gasteiger partial charge on any atom is 0.319 e. The minimum absolute atomic E-state index is 0.233. The van der Waals surface area contributed by atoms with E-state index in [1.54, 1.807) is 6.20 Å². The highest BCUT2D eigenvalue weighted by molar-refractivity contribution is 5.89. The van der Waals surface area contributed by atoms with Gasteiger partial charge in [-0.25, -0.2) is 9.78 Å². The molecule has 3 heterocycles. The molecule has 0 atom stereocenters. The summed E-state index contributed by atoms with van der Waals surface area (Å²) >= 11 is 0. The molecule has 7 nitrogen and oxygen atoms in total. The van der Waals surface area contributed by atoms with Gasteiger partial charge >= 0.3 is 6.03 Å². The molecule has 1 saturated heterocycles. The smallest absolute Gasteiger partial charge is 0.319 e. The number of nitrogens with zero attached hydrogens (tertiary/aromatic N) is 3. The maximum absolute atomic E-state index is 12.3. The maximum atomic E-state index is 12.3. The lowest BCUT2D eigenvalue weighted by molar-refractivity contribution is -0.132. The van der Waals surface area contributed by atoms with Crippen LogP contribution in [0.3, 0.4) is 0 Å². The number of piperidine rings is 1. The number of fused-ring (bicyclic) bond motifs is 1. The number of likely N-dealkylation sites (tertiary alicyclic amines) is 1. The van der Waals surface area contributed by atoms with Crippen molar-refractivity contribution in [2.45, 2.75) is 44.6 Å². The molecule has 166 valence electrons. The fourth-order valence-electron chi connectivity index (χ4n) is 4.42. The number of hydrogen-bond acceptors (Lipinski definition) is 3. The molecular formula is C25H29N5O2. The second-order valence-electron chi connectivity index (χ2n) is 8.96. The number of rotatable bonds is 6. The zero-order valence-corrected chi connectivity index (χ0v) is 18.2. The average Bonchev–Trinajstić information content (AvgIpc) is 3.51. The molecule has 3 aromatic rings. The van der Waals surface area contributed by atoms with E-state index in [0.717, 1.165) is 49.2 Å². The summed E-state index contributed by atoms with van der Waals surface area (Å²) in [4.78, 5) is 30.9. The van der Waals surface area contributed by atoms with Crippen LogP contribution in [0, 0.1) is 5.92 Å². The van der Waals surface area contributed by atoms with Gasteiger partial charge in [-0.05, 0) is 72.9 Å². The molecule has 2 aliphatic rings. The second kappa shape index (κ2) is 9.02. The third-order valence-corrected chi connectivity index (χ3v) is 6.56. The van der Waals surface area contributed by atoms with E-state index in [9.17, 15) is 9.59 Å². The fourth-order valence-corrected chi connectivity index (χ4v) is 4.42. The van der Waals surface area contributed by atoms with Gasteiger partial charge in [0.25, 0.3) is 0 Å². The van der Waals surface area contributed by atoms with Crippen LogP contribution in [0.5, 0.6) is 0 Å². The molecular weight excluding hydrogens is 402 g/mol. The zero-order valence-electron chi connectivity index (χ0n) is 18.2. The lowest BCUT2D eigenvalue weighted by Crippen LogP contribution is -2.38. The van der Waals surface area contributed by atoms with Crippen LogP contribution in [0.2, 0.25) is 0 Å². The number of nitrogens with one attached hydrogen (secondary N) is 2. The topological polar surface area (TPSA) is 78.7 Å².